The molecule has 1 aliphatic rings. The van der Waals surface area contributed by atoms with E-state index in [1.54, 1.807) is 0 Å². The van der Waals surface area contributed by atoms with Crippen LogP contribution >= 0.6 is 11.8 Å². The number of hydrogen-bond acceptors (Lipinski definition) is 4. The number of nitrogens with one attached hydrogen (secondary N) is 1. The number of fused-ring (bicyclic) bond motifs is 1. The van der Waals surface area contributed by atoms with Gasteiger partial charge < -0.3 is 4.98 Å². The highest BCUT2D eigenvalue weighted by Gasteiger charge is 2.21. The third kappa shape index (κ3) is 3.25. The first kappa shape index (κ1) is 15.3. The Bertz CT molecular complexity index is 709. The number of hydrogen-bond donors (Lipinski definition) is 1. The van der Waals surface area contributed by atoms with E-state index in [-0.39, 0.29) is 5.56 Å². The molecule has 0 bridgehead atoms. The van der Waals surface area contributed by atoms with Crippen LogP contribution in [0.1, 0.15) is 29.3 Å². The van der Waals surface area contributed by atoms with Crippen molar-refractivity contribution in [2.45, 2.75) is 38.0 Å². The fourth-order valence-electron chi connectivity index (χ4n) is 2.83. The molecule has 0 amide bonds. The van der Waals surface area contributed by atoms with Gasteiger partial charge in [0.05, 0.1) is 11.3 Å². The third-order valence-electron chi connectivity index (χ3n) is 4.16. The zero-order chi connectivity index (χ0) is 15.5. The maximum atomic E-state index is 12.2. The van der Waals surface area contributed by atoms with Crippen LogP contribution in [0.3, 0.4) is 0 Å². The molecule has 22 heavy (non-hydrogen) atoms. The highest BCUT2D eigenvalue weighted by molar-refractivity contribution is 7.98. The number of aromatic amines is 1. The van der Waals surface area contributed by atoms with Crippen LogP contribution in [0.15, 0.2) is 34.2 Å². The van der Waals surface area contributed by atoms with Crippen LogP contribution in [0.2, 0.25) is 0 Å². The number of benzene rings is 1. The summed E-state index contributed by atoms with van der Waals surface area (Å²) in [4.78, 5) is 21.9. The second-order valence-electron chi connectivity index (χ2n) is 5.63. The molecule has 4 nitrogen and oxygen atoms in total. The summed E-state index contributed by atoms with van der Waals surface area (Å²) in [5.74, 6) is 0. The minimum atomic E-state index is 0.0142. The van der Waals surface area contributed by atoms with E-state index in [9.17, 15) is 4.79 Å². The van der Waals surface area contributed by atoms with Gasteiger partial charge in [0.15, 0.2) is 5.16 Å². The van der Waals surface area contributed by atoms with Crippen LogP contribution in [0, 0.1) is 0 Å². The average Bonchev–Trinajstić information content (AvgIpc) is 2.56. The van der Waals surface area contributed by atoms with E-state index >= 15 is 0 Å². The second kappa shape index (κ2) is 6.67. The van der Waals surface area contributed by atoms with Crippen LogP contribution in [0.4, 0.5) is 0 Å². The van der Waals surface area contributed by atoms with Crippen LogP contribution in [-0.2, 0) is 25.9 Å². The second-order valence-corrected chi connectivity index (χ2v) is 6.43. The summed E-state index contributed by atoms with van der Waals surface area (Å²) >= 11 is 1.48. The van der Waals surface area contributed by atoms with Gasteiger partial charge in [0, 0.05) is 26.1 Å². The lowest BCUT2D eigenvalue weighted by molar-refractivity contribution is 0.241. The number of nitrogens with zero attached hydrogens (tertiary/aromatic N) is 2. The molecule has 1 aromatic heterocycles. The summed E-state index contributed by atoms with van der Waals surface area (Å²) < 4.78 is 0. The molecule has 0 unspecified atom stereocenters. The van der Waals surface area contributed by atoms with Crippen molar-refractivity contribution in [3.8, 4) is 0 Å². The summed E-state index contributed by atoms with van der Waals surface area (Å²) in [6.07, 6.45) is 3.84. The van der Waals surface area contributed by atoms with E-state index in [0.717, 1.165) is 37.2 Å². The molecule has 2 heterocycles. The molecular formula is C17H21N3OS. The summed E-state index contributed by atoms with van der Waals surface area (Å²) in [5, 5.41) is 0.715. The molecule has 1 aliphatic heterocycles. The SMILES string of the molecule is CCc1ccc(CN2CCc3nc(SC)[nH]c(=O)c3C2)cc1. The minimum Gasteiger partial charge on any atom is -0.301 e. The molecule has 0 spiro atoms. The third-order valence-corrected chi connectivity index (χ3v) is 4.74. The molecule has 0 radical (unpaired) electrons. The van der Waals surface area contributed by atoms with Crippen molar-refractivity contribution in [2.75, 3.05) is 12.8 Å². The van der Waals surface area contributed by atoms with Gasteiger partial charge in [-0.25, -0.2) is 4.98 Å². The van der Waals surface area contributed by atoms with Gasteiger partial charge in [-0.05, 0) is 23.8 Å². The Morgan fingerprint density at radius 2 is 2.00 bits per heavy atom. The molecule has 2 aromatic rings. The minimum absolute atomic E-state index is 0.0142. The van der Waals surface area contributed by atoms with Crippen LogP contribution in [-0.4, -0.2) is 27.7 Å². The van der Waals surface area contributed by atoms with E-state index < -0.39 is 0 Å². The Hall–Kier alpha value is -1.59. The van der Waals surface area contributed by atoms with Crippen molar-refractivity contribution < 1.29 is 0 Å². The van der Waals surface area contributed by atoms with E-state index in [2.05, 4.69) is 46.1 Å². The molecule has 1 N–H and O–H groups in total. The Labute approximate surface area is 135 Å². The summed E-state index contributed by atoms with van der Waals surface area (Å²) in [5.41, 5.74) is 4.46. The zero-order valence-electron chi connectivity index (χ0n) is 13.1. The van der Waals surface area contributed by atoms with Gasteiger partial charge in [0.2, 0.25) is 0 Å². The average molecular weight is 315 g/mol. The van der Waals surface area contributed by atoms with Gasteiger partial charge in [0.25, 0.3) is 5.56 Å². The Morgan fingerprint density at radius 1 is 1.27 bits per heavy atom. The number of H-pyrrole nitrogens is 1. The van der Waals surface area contributed by atoms with Gasteiger partial charge in [-0.3, -0.25) is 9.69 Å². The monoisotopic (exact) mass is 315 g/mol. The summed E-state index contributed by atoms with van der Waals surface area (Å²) in [6.45, 7) is 4.68. The molecule has 1 aromatic carbocycles. The van der Waals surface area contributed by atoms with Crippen LogP contribution in [0.25, 0.3) is 0 Å². The topological polar surface area (TPSA) is 49.0 Å². The van der Waals surface area contributed by atoms with Crippen LogP contribution in [0.5, 0.6) is 0 Å². The van der Waals surface area contributed by atoms with Crippen molar-refractivity contribution in [1.29, 1.82) is 0 Å². The zero-order valence-corrected chi connectivity index (χ0v) is 13.9. The van der Waals surface area contributed by atoms with E-state index in [4.69, 9.17) is 0 Å². The highest BCUT2D eigenvalue weighted by Crippen LogP contribution is 2.18. The van der Waals surface area contributed by atoms with Crippen molar-refractivity contribution in [3.63, 3.8) is 0 Å². The van der Waals surface area contributed by atoms with E-state index in [1.165, 1.54) is 22.9 Å². The number of rotatable bonds is 4. The van der Waals surface area contributed by atoms with Crippen molar-refractivity contribution >= 4 is 11.8 Å². The Kier molecular flexibility index (Phi) is 4.64. The van der Waals surface area contributed by atoms with Crippen molar-refractivity contribution in [1.82, 2.24) is 14.9 Å². The molecule has 0 atom stereocenters. The lowest BCUT2D eigenvalue weighted by Gasteiger charge is -2.27. The predicted octanol–water partition coefficient (Wildman–Crippen LogP) is 2.61. The summed E-state index contributed by atoms with van der Waals surface area (Å²) in [7, 11) is 0. The number of aromatic nitrogens is 2. The fourth-order valence-corrected chi connectivity index (χ4v) is 3.22. The normalized spacial score (nSPS) is 14.8. The molecule has 3 rings (SSSR count). The quantitative estimate of drug-likeness (QED) is 0.696. The van der Waals surface area contributed by atoms with Crippen molar-refractivity contribution in [2.24, 2.45) is 0 Å². The highest BCUT2D eigenvalue weighted by atomic mass is 32.2. The molecule has 0 fully saturated rings. The largest absolute Gasteiger partial charge is 0.301 e. The lowest BCUT2D eigenvalue weighted by Crippen LogP contribution is -2.35. The molecule has 0 saturated heterocycles. The maximum Gasteiger partial charge on any atom is 0.256 e. The van der Waals surface area contributed by atoms with E-state index in [1.807, 2.05) is 6.26 Å². The van der Waals surface area contributed by atoms with E-state index in [0.29, 0.717) is 11.7 Å². The van der Waals surface area contributed by atoms with Gasteiger partial charge >= 0.3 is 0 Å². The number of thioether (sulfide) groups is 1. The smallest absolute Gasteiger partial charge is 0.256 e. The van der Waals surface area contributed by atoms with Crippen molar-refractivity contribution in [3.05, 3.63) is 57.0 Å². The standard InChI is InChI=1S/C17H21N3OS/c1-3-12-4-6-13(7-5-12)10-20-9-8-15-14(11-20)16(21)19-17(18-15)22-2/h4-7H,3,8-11H2,1-2H3,(H,18,19,21). The molecule has 0 saturated carbocycles. The van der Waals surface area contributed by atoms with Gasteiger partial charge in [-0.2, -0.15) is 0 Å². The first-order chi connectivity index (χ1) is 10.7. The molecule has 5 heteroatoms. The maximum absolute atomic E-state index is 12.2. The molecule has 0 aliphatic carbocycles. The van der Waals surface area contributed by atoms with Gasteiger partial charge in [-0.15, -0.1) is 0 Å². The first-order valence-electron chi connectivity index (χ1n) is 7.66. The Balaban J connectivity index is 1.75. The summed E-state index contributed by atoms with van der Waals surface area (Å²) in [6, 6.07) is 8.75. The fraction of sp³-hybridized carbons (Fsp3) is 0.412. The van der Waals surface area contributed by atoms with Crippen LogP contribution < -0.4 is 5.56 Å². The first-order valence-corrected chi connectivity index (χ1v) is 8.88. The van der Waals surface area contributed by atoms with Gasteiger partial charge in [0.1, 0.15) is 0 Å². The molecular weight excluding hydrogens is 294 g/mol. The predicted molar refractivity (Wildman–Crippen MR) is 90.3 cm³/mol. The Morgan fingerprint density at radius 3 is 2.68 bits per heavy atom. The number of aryl methyl sites for hydroxylation is 1. The lowest BCUT2D eigenvalue weighted by atomic mass is 10.1. The van der Waals surface area contributed by atoms with Gasteiger partial charge in [-0.1, -0.05) is 43.0 Å². The molecule has 116 valence electrons.